The smallest absolute Gasteiger partial charge is 0.124 e. The summed E-state index contributed by atoms with van der Waals surface area (Å²) in [5.74, 6) is 0.830. The van der Waals surface area contributed by atoms with Crippen LogP contribution in [0.25, 0.3) is 0 Å². The molecule has 1 aliphatic heterocycles. The molecule has 1 unspecified atom stereocenters. The Morgan fingerprint density at radius 1 is 1.64 bits per heavy atom. The van der Waals surface area contributed by atoms with Gasteiger partial charge in [-0.15, -0.1) is 0 Å². The maximum Gasteiger partial charge on any atom is 0.124 e. The van der Waals surface area contributed by atoms with Crippen molar-refractivity contribution in [3.63, 3.8) is 0 Å². The van der Waals surface area contributed by atoms with Gasteiger partial charge in [0.2, 0.25) is 0 Å². The number of ether oxygens (including phenoxy) is 1. The Balaban J connectivity index is 2.05. The molecule has 0 aromatic heterocycles. The Morgan fingerprint density at radius 3 is 2.73 bits per heavy atom. The Hall–Kier alpha value is -0.500. The van der Waals surface area contributed by atoms with Crippen molar-refractivity contribution in [3.8, 4) is 0 Å². The Morgan fingerprint density at radius 2 is 2.36 bits per heavy atom. The van der Waals surface area contributed by atoms with Gasteiger partial charge >= 0.3 is 0 Å². The molecule has 62 valence electrons. The molecule has 0 aromatic carbocycles. The van der Waals surface area contributed by atoms with Crippen LogP contribution in [0.15, 0.2) is 11.8 Å². The zero-order chi connectivity index (χ0) is 7.90. The van der Waals surface area contributed by atoms with Crippen molar-refractivity contribution in [2.75, 3.05) is 0 Å². The van der Waals surface area contributed by atoms with Crippen molar-refractivity contribution in [3.05, 3.63) is 11.8 Å². The number of aliphatic hydroxyl groups is 1. The summed E-state index contributed by atoms with van der Waals surface area (Å²) in [5.41, 5.74) is -0.579. The lowest BCUT2D eigenvalue weighted by atomic mass is 9.79. The van der Waals surface area contributed by atoms with Gasteiger partial charge in [-0.2, -0.15) is 0 Å². The Labute approximate surface area is 66.9 Å². The van der Waals surface area contributed by atoms with Gasteiger partial charge in [0.25, 0.3) is 0 Å². The highest BCUT2D eigenvalue weighted by Gasteiger charge is 2.41. The first kappa shape index (κ1) is 7.17. The topological polar surface area (TPSA) is 29.5 Å². The molecule has 0 amide bonds. The van der Waals surface area contributed by atoms with E-state index in [9.17, 15) is 5.11 Å². The molecule has 2 aliphatic rings. The summed E-state index contributed by atoms with van der Waals surface area (Å²) in [5, 5.41) is 9.83. The molecule has 0 radical (unpaired) electrons. The summed E-state index contributed by atoms with van der Waals surface area (Å²) < 4.78 is 5.48. The van der Waals surface area contributed by atoms with Crippen LogP contribution < -0.4 is 0 Å². The van der Waals surface area contributed by atoms with E-state index in [2.05, 4.69) is 0 Å². The lowest BCUT2D eigenvalue weighted by Gasteiger charge is -2.37. The number of hydrogen-bond donors (Lipinski definition) is 1. The van der Waals surface area contributed by atoms with Gasteiger partial charge in [0.15, 0.2) is 0 Å². The van der Waals surface area contributed by atoms with Gasteiger partial charge in [0.05, 0.1) is 6.10 Å². The predicted octanol–water partition coefficient (Wildman–Crippen LogP) is 1.59. The van der Waals surface area contributed by atoms with Gasteiger partial charge in [-0.1, -0.05) is 0 Å². The highest BCUT2D eigenvalue weighted by Crippen LogP contribution is 2.41. The van der Waals surface area contributed by atoms with Gasteiger partial charge in [-0.05, 0) is 32.3 Å². The molecule has 1 N–H and O–H groups in total. The van der Waals surface area contributed by atoms with Crippen molar-refractivity contribution in [2.24, 2.45) is 0 Å². The zero-order valence-electron chi connectivity index (χ0n) is 6.84. The molecule has 0 spiro atoms. The molecule has 1 fully saturated rings. The van der Waals surface area contributed by atoms with Gasteiger partial charge in [0, 0.05) is 6.42 Å². The molecule has 0 saturated heterocycles. The minimum atomic E-state index is -0.579. The fourth-order valence-corrected chi connectivity index (χ4v) is 1.64. The second-order valence-corrected chi connectivity index (χ2v) is 3.62. The first-order valence-electron chi connectivity index (χ1n) is 4.30. The molecule has 2 heteroatoms. The Bertz CT molecular complexity index is 192. The highest BCUT2D eigenvalue weighted by molar-refractivity contribution is 5.17. The van der Waals surface area contributed by atoms with E-state index in [0.29, 0.717) is 0 Å². The van der Waals surface area contributed by atoms with Crippen molar-refractivity contribution < 1.29 is 9.84 Å². The molecule has 0 aromatic rings. The van der Waals surface area contributed by atoms with E-state index < -0.39 is 5.60 Å². The molecule has 1 atom stereocenters. The summed E-state index contributed by atoms with van der Waals surface area (Å²) >= 11 is 0. The predicted molar refractivity (Wildman–Crippen MR) is 42.0 cm³/mol. The van der Waals surface area contributed by atoms with Crippen LogP contribution in [0.1, 0.15) is 32.6 Å². The molecule has 11 heavy (non-hydrogen) atoms. The second-order valence-electron chi connectivity index (χ2n) is 3.62. The molecule has 2 rings (SSSR count). The third-order valence-electron chi connectivity index (χ3n) is 2.60. The minimum Gasteiger partial charge on any atom is -0.492 e. The fourth-order valence-electron chi connectivity index (χ4n) is 1.64. The van der Waals surface area contributed by atoms with Crippen molar-refractivity contribution in [1.29, 1.82) is 0 Å². The average molecular weight is 154 g/mol. The van der Waals surface area contributed by atoms with E-state index in [4.69, 9.17) is 4.74 Å². The standard InChI is InChI=1S/C9H14O2/c1-7-3-4-8(11-7)9(10)5-2-6-9/h4,7,10H,2-3,5-6H2,1H3. The summed E-state index contributed by atoms with van der Waals surface area (Å²) in [6.45, 7) is 2.03. The van der Waals surface area contributed by atoms with E-state index in [1.54, 1.807) is 0 Å². The first-order chi connectivity index (χ1) is 5.21. The largest absolute Gasteiger partial charge is 0.492 e. The molecule has 2 nitrogen and oxygen atoms in total. The van der Waals surface area contributed by atoms with Crippen LogP contribution in [-0.4, -0.2) is 16.8 Å². The van der Waals surface area contributed by atoms with E-state index >= 15 is 0 Å². The normalized spacial score (nSPS) is 34.0. The minimum absolute atomic E-state index is 0.273. The number of rotatable bonds is 1. The number of hydrogen-bond acceptors (Lipinski definition) is 2. The summed E-state index contributed by atoms with van der Waals surface area (Å²) in [4.78, 5) is 0. The quantitative estimate of drug-likeness (QED) is 0.621. The van der Waals surface area contributed by atoms with Crippen LogP contribution in [-0.2, 0) is 4.74 Å². The molecular weight excluding hydrogens is 140 g/mol. The van der Waals surface area contributed by atoms with Gasteiger partial charge in [0.1, 0.15) is 11.4 Å². The highest BCUT2D eigenvalue weighted by atomic mass is 16.5. The lowest BCUT2D eigenvalue weighted by molar-refractivity contribution is -0.0515. The van der Waals surface area contributed by atoms with E-state index in [1.165, 1.54) is 0 Å². The monoisotopic (exact) mass is 154 g/mol. The fraction of sp³-hybridized carbons (Fsp3) is 0.778. The van der Waals surface area contributed by atoms with E-state index in [-0.39, 0.29) is 6.10 Å². The summed E-state index contributed by atoms with van der Waals surface area (Å²) in [6.07, 6.45) is 6.15. The van der Waals surface area contributed by atoms with Crippen LogP contribution in [0.5, 0.6) is 0 Å². The van der Waals surface area contributed by atoms with Crippen LogP contribution >= 0.6 is 0 Å². The summed E-state index contributed by atoms with van der Waals surface area (Å²) in [6, 6.07) is 0. The average Bonchev–Trinajstić information content (AvgIpc) is 2.31. The maximum absolute atomic E-state index is 9.83. The molecular formula is C9H14O2. The summed E-state index contributed by atoms with van der Waals surface area (Å²) in [7, 11) is 0. The van der Waals surface area contributed by atoms with Crippen molar-refractivity contribution in [1.82, 2.24) is 0 Å². The van der Waals surface area contributed by atoms with E-state index in [1.807, 2.05) is 13.0 Å². The van der Waals surface area contributed by atoms with Gasteiger partial charge in [-0.25, -0.2) is 0 Å². The van der Waals surface area contributed by atoms with Crippen molar-refractivity contribution in [2.45, 2.75) is 44.3 Å². The zero-order valence-corrected chi connectivity index (χ0v) is 6.84. The Kier molecular flexibility index (Phi) is 1.46. The van der Waals surface area contributed by atoms with Crippen LogP contribution in [0.2, 0.25) is 0 Å². The lowest BCUT2D eigenvalue weighted by Crippen LogP contribution is -2.39. The van der Waals surface area contributed by atoms with E-state index in [0.717, 1.165) is 31.4 Å². The van der Waals surface area contributed by atoms with Crippen LogP contribution in [0, 0.1) is 0 Å². The molecule has 1 heterocycles. The SMILES string of the molecule is CC1CC=C(C2(O)CCC2)O1. The van der Waals surface area contributed by atoms with Crippen LogP contribution in [0.4, 0.5) is 0 Å². The maximum atomic E-state index is 9.83. The van der Waals surface area contributed by atoms with Crippen LogP contribution in [0.3, 0.4) is 0 Å². The second kappa shape index (κ2) is 2.24. The van der Waals surface area contributed by atoms with Crippen molar-refractivity contribution >= 4 is 0 Å². The molecule has 1 saturated carbocycles. The molecule has 0 bridgehead atoms. The first-order valence-corrected chi connectivity index (χ1v) is 4.30. The third-order valence-corrected chi connectivity index (χ3v) is 2.60. The molecule has 1 aliphatic carbocycles. The van der Waals surface area contributed by atoms with Gasteiger partial charge in [-0.3, -0.25) is 0 Å². The third kappa shape index (κ3) is 1.06. The van der Waals surface area contributed by atoms with Gasteiger partial charge < -0.3 is 9.84 Å².